The Hall–Kier alpha value is -3.11. The number of halogens is 1. The Morgan fingerprint density at radius 1 is 1.41 bits per heavy atom. The third-order valence-electron chi connectivity index (χ3n) is 3.97. The monoisotopic (exact) mass is 393 g/mol. The summed E-state index contributed by atoms with van der Waals surface area (Å²) in [5, 5.41) is 39.4. The molecule has 0 unspecified atom stereocenters. The van der Waals surface area contributed by atoms with Gasteiger partial charge in [-0.15, -0.1) is 0 Å². The lowest BCUT2D eigenvalue weighted by atomic mass is 10.1. The average Bonchev–Trinajstić information content (AvgIpc) is 2.94. The average molecular weight is 394 g/mol. The van der Waals surface area contributed by atoms with Gasteiger partial charge in [0.2, 0.25) is 5.52 Å². The fourth-order valence-electron chi connectivity index (χ4n) is 2.61. The minimum atomic E-state index is -0.681. The first-order valence-electron chi connectivity index (χ1n) is 7.88. The van der Waals surface area contributed by atoms with Crippen LogP contribution >= 0.6 is 11.6 Å². The SMILES string of the molecule is CN(C)CCc1ccc(Nc2c([N+](=O)[O-])c(Cl)cc3c2no[n+]3[O-])cc1O. The number of phenolic OH excluding ortho intramolecular Hbond substituents is 1. The zero-order chi connectivity index (χ0) is 19.7. The molecule has 0 amide bonds. The minimum absolute atomic E-state index is 0.0433. The number of hydrogen-bond acceptors (Lipinski definition) is 8. The van der Waals surface area contributed by atoms with Crippen molar-refractivity contribution in [2.24, 2.45) is 0 Å². The van der Waals surface area contributed by atoms with Gasteiger partial charge < -0.3 is 20.5 Å². The number of aromatic nitrogens is 2. The van der Waals surface area contributed by atoms with E-state index in [-0.39, 0.29) is 32.4 Å². The Labute approximate surface area is 158 Å². The predicted molar refractivity (Wildman–Crippen MR) is 98.3 cm³/mol. The van der Waals surface area contributed by atoms with Gasteiger partial charge in [0, 0.05) is 29.5 Å². The van der Waals surface area contributed by atoms with Crippen LogP contribution in [0.25, 0.3) is 11.0 Å². The lowest BCUT2D eigenvalue weighted by molar-refractivity contribution is -0.782. The van der Waals surface area contributed by atoms with Crippen molar-refractivity contribution in [2.75, 3.05) is 26.0 Å². The zero-order valence-corrected chi connectivity index (χ0v) is 15.2. The third kappa shape index (κ3) is 3.71. The number of benzene rings is 2. The molecule has 142 valence electrons. The smallest absolute Gasteiger partial charge is 0.316 e. The number of aromatic hydroxyl groups is 1. The third-order valence-corrected chi connectivity index (χ3v) is 4.26. The van der Waals surface area contributed by atoms with E-state index in [4.69, 9.17) is 11.6 Å². The number of phenols is 1. The van der Waals surface area contributed by atoms with Crippen LogP contribution in [-0.4, -0.2) is 40.7 Å². The first kappa shape index (κ1) is 18.7. The normalized spacial score (nSPS) is 11.3. The molecule has 10 nitrogen and oxygen atoms in total. The number of nitro benzene ring substituents is 1. The van der Waals surface area contributed by atoms with Crippen LogP contribution in [0.2, 0.25) is 5.02 Å². The van der Waals surface area contributed by atoms with Crippen molar-refractivity contribution in [1.82, 2.24) is 10.1 Å². The predicted octanol–water partition coefficient (Wildman–Crippen LogP) is 2.58. The topological polar surface area (TPSA) is 132 Å². The van der Waals surface area contributed by atoms with Crippen LogP contribution < -0.4 is 10.2 Å². The van der Waals surface area contributed by atoms with Gasteiger partial charge in [-0.05, 0) is 37.0 Å². The molecule has 0 atom stereocenters. The summed E-state index contributed by atoms with van der Waals surface area (Å²) in [5.41, 5.74) is 0.458. The summed E-state index contributed by atoms with van der Waals surface area (Å²) < 4.78 is 4.52. The molecule has 0 radical (unpaired) electrons. The second kappa shape index (κ2) is 7.25. The largest absolute Gasteiger partial charge is 0.508 e. The first-order valence-corrected chi connectivity index (χ1v) is 8.25. The minimum Gasteiger partial charge on any atom is -0.508 e. The maximum absolute atomic E-state index is 11.6. The van der Waals surface area contributed by atoms with E-state index in [0.29, 0.717) is 12.1 Å². The molecule has 2 N–H and O–H groups in total. The van der Waals surface area contributed by atoms with Gasteiger partial charge in [0.05, 0.1) is 4.92 Å². The van der Waals surface area contributed by atoms with Gasteiger partial charge in [-0.3, -0.25) is 14.7 Å². The first-order chi connectivity index (χ1) is 12.8. The van der Waals surface area contributed by atoms with Crippen molar-refractivity contribution < 1.29 is 19.6 Å². The van der Waals surface area contributed by atoms with E-state index >= 15 is 0 Å². The van der Waals surface area contributed by atoms with Crippen molar-refractivity contribution in [3.05, 3.63) is 50.2 Å². The highest BCUT2D eigenvalue weighted by atomic mass is 35.5. The maximum Gasteiger partial charge on any atom is 0.316 e. The number of nitrogens with zero attached hydrogens (tertiary/aromatic N) is 4. The van der Waals surface area contributed by atoms with Gasteiger partial charge in [0.25, 0.3) is 5.52 Å². The number of fused-ring (bicyclic) bond motifs is 1. The van der Waals surface area contributed by atoms with Crippen molar-refractivity contribution in [3.63, 3.8) is 0 Å². The summed E-state index contributed by atoms with van der Waals surface area (Å²) in [7, 11) is 3.85. The second-order valence-corrected chi connectivity index (χ2v) is 6.57. The molecule has 11 heteroatoms. The summed E-state index contributed by atoms with van der Waals surface area (Å²) in [6, 6.07) is 5.93. The Morgan fingerprint density at radius 3 is 2.78 bits per heavy atom. The number of anilines is 2. The molecule has 2 aromatic carbocycles. The van der Waals surface area contributed by atoms with E-state index in [2.05, 4.69) is 15.1 Å². The Bertz CT molecular complexity index is 1020. The molecule has 3 aromatic rings. The number of hydrogen-bond donors (Lipinski definition) is 2. The maximum atomic E-state index is 11.6. The standard InChI is InChI=1S/C16H16ClN5O5/c1-20(2)6-5-9-3-4-10(7-13(9)23)18-15-14-12(22(26)27-19-14)8-11(17)16(15)21(24)25/h3-4,7-8,18,23H,5-6H2,1-2H3. The highest BCUT2D eigenvalue weighted by Gasteiger charge is 2.29. The van der Waals surface area contributed by atoms with Gasteiger partial charge in [-0.2, -0.15) is 0 Å². The lowest BCUT2D eigenvalue weighted by Crippen LogP contribution is -2.22. The van der Waals surface area contributed by atoms with Gasteiger partial charge >= 0.3 is 5.69 Å². The van der Waals surface area contributed by atoms with Crippen molar-refractivity contribution in [2.45, 2.75) is 6.42 Å². The molecular formula is C16H16ClN5O5. The molecule has 0 aliphatic carbocycles. The van der Waals surface area contributed by atoms with Crippen molar-refractivity contribution in [3.8, 4) is 5.75 Å². The van der Waals surface area contributed by atoms with E-state index in [1.165, 1.54) is 6.07 Å². The van der Waals surface area contributed by atoms with Crippen LogP contribution in [0, 0.1) is 15.3 Å². The van der Waals surface area contributed by atoms with Gasteiger partial charge in [-0.25, -0.2) is 0 Å². The number of nitro groups is 1. The molecule has 0 saturated heterocycles. The molecule has 0 saturated carbocycles. The molecular weight excluding hydrogens is 378 g/mol. The Balaban J connectivity index is 2.02. The molecule has 0 aliphatic rings. The Morgan fingerprint density at radius 2 is 2.15 bits per heavy atom. The summed E-state index contributed by atoms with van der Waals surface area (Å²) in [6.45, 7) is 0.753. The van der Waals surface area contributed by atoms with E-state index in [0.717, 1.165) is 18.2 Å². The quantitative estimate of drug-likeness (QED) is 0.371. The van der Waals surface area contributed by atoms with Gasteiger partial charge in [0.15, 0.2) is 5.69 Å². The van der Waals surface area contributed by atoms with Crippen LogP contribution in [0.15, 0.2) is 28.9 Å². The zero-order valence-electron chi connectivity index (χ0n) is 14.5. The summed E-state index contributed by atoms with van der Waals surface area (Å²) in [4.78, 5) is 12.9. The molecule has 3 rings (SSSR count). The Kier molecular flexibility index (Phi) is 5.02. The molecule has 0 fully saturated rings. The molecule has 0 spiro atoms. The number of nitrogens with one attached hydrogen (secondary N) is 1. The van der Waals surface area contributed by atoms with Crippen LogP contribution in [0.1, 0.15) is 5.56 Å². The highest BCUT2D eigenvalue weighted by molar-refractivity contribution is 6.34. The summed E-state index contributed by atoms with van der Waals surface area (Å²) in [6.07, 6.45) is 0.639. The molecule has 1 aromatic heterocycles. The van der Waals surface area contributed by atoms with E-state index in [9.17, 15) is 20.4 Å². The van der Waals surface area contributed by atoms with E-state index in [1.807, 2.05) is 19.0 Å². The summed E-state index contributed by atoms with van der Waals surface area (Å²) >= 11 is 5.97. The van der Waals surface area contributed by atoms with Crippen molar-refractivity contribution in [1.29, 1.82) is 0 Å². The highest BCUT2D eigenvalue weighted by Crippen LogP contribution is 2.39. The molecule has 0 bridgehead atoms. The second-order valence-electron chi connectivity index (χ2n) is 6.16. The number of likely N-dealkylation sites (N-methyl/N-ethyl adjacent to an activating group) is 1. The number of rotatable bonds is 6. The van der Waals surface area contributed by atoms with E-state index in [1.54, 1.807) is 12.1 Å². The van der Waals surface area contributed by atoms with Crippen molar-refractivity contribution >= 4 is 39.7 Å². The molecule has 27 heavy (non-hydrogen) atoms. The van der Waals surface area contributed by atoms with Gasteiger partial charge in [-0.1, -0.05) is 17.7 Å². The van der Waals surface area contributed by atoms with Crippen LogP contribution in [0.4, 0.5) is 17.1 Å². The summed E-state index contributed by atoms with van der Waals surface area (Å²) in [5.74, 6) is 0.0433. The van der Waals surface area contributed by atoms with Crippen LogP contribution in [-0.2, 0) is 6.42 Å². The van der Waals surface area contributed by atoms with E-state index < -0.39 is 10.6 Å². The van der Waals surface area contributed by atoms with Crippen LogP contribution in [0.5, 0.6) is 5.75 Å². The molecule has 0 aliphatic heterocycles. The van der Waals surface area contributed by atoms with Gasteiger partial charge in [0.1, 0.15) is 10.8 Å². The fraction of sp³-hybridized carbons (Fsp3) is 0.250. The molecule has 1 heterocycles. The lowest BCUT2D eigenvalue weighted by Gasteiger charge is -2.12. The van der Waals surface area contributed by atoms with Crippen LogP contribution in [0.3, 0.4) is 0 Å². The fourth-order valence-corrected chi connectivity index (χ4v) is 2.88.